The normalized spacial score (nSPS) is 10.5. The van der Waals surface area contributed by atoms with Crippen molar-refractivity contribution in [2.75, 3.05) is 0 Å². The Morgan fingerprint density at radius 1 is 1.00 bits per heavy atom. The van der Waals surface area contributed by atoms with E-state index in [2.05, 4.69) is 41.8 Å². The molecule has 1 heterocycles. The van der Waals surface area contributed by atoms with E-state index in [9.17, 15) is 4.39 Å². The van der Waals surface area contributed by atoms with Gasteiger partial charge in [-0.3, -0.25) is 0 Å². The monoisotopic (exact) mass is 364 g/mol. The number of hydrogen-bond acceptors (Lipinski definition) is 2. The lowest BCUT2D eigenvalue weighted by Crippen LogP contribution is -1.91. The van der Waals surface area contributed by atoms with Crippen LogP contribution in [0.5, 0.6) is 0 Å². The molecule has 0 saturated heterocycles. The second-order valence-corrected chi connectivity index (χ2v) is 5.06. The molecule has 0 N–H and O–H groups in total. The van der Waals surface area contributed by atoms with Crippen molar-refractivity contribution in [2.24, 2.45) is 0 Å². The molecule has 2 rings (SSSR count). The number of hydrogen-bond donors (Lipinski definition) is 0. The first kappa shape index (κ1) is 12.0. The molecule has 0 spiro atoms. The fourth-order valence-corrected chi connectivity index (χ4v) is 2.50. The van der Waals surface area contributed by atoms with Gasteiger partial charge >= 0.3 is 0 Å². The summed E-state index contributed by atoms with van der Waals surface area (Å²) in [6.07, 6.45) is 0. The zero-order chi connectivity index (χ0) is 11.7. The molecule has 16 heavy (non-hydrogen) atoms. The van der Waals surface area contributed by atoms with Gasteiger partial charge in [0.1, 0.15) is 15.0 Å². The highest BCUT2D eigenvalue weighted by Crippen LogP contribution is 2.24. The van der Waals surface area contributed by atoms with E-state index in [1.54, 1.807) is 12.1 Å². The summed E-state index contributed by atoms with van der Waals surface area (Å²) < 4.78 is 14.4. The predicted octanol–water partition coefficient (Wildman–Crippen LogP) is 4.46. The van der Waals surface area contributed by atoms with Gasteiger partial charge in [-0.05, 0) is 50.1 Å². The fraction of sp³-hybridized carbons (Fsp3) is 0. The Balaban J connectivity index is 2.57. The van der Waals surface area contributed by atoms with E-state index < -0.39 is 5.82 Å². The second-order valence-electron chi connectivity index (χ2n) is 3.00. The van der Waals surface area contributed by atoms with Crippen LogP contribution in [0, 0.1) is 5.82 Å². The molecule has 6 heteroatoms. The van der Waals surface area contributed by atoms with E-state index >= 15 is 0 Å². The molecule has 1 aromatic carbocycles. The van der Waals surface area contributed by atoms with Gasteiger partial charge < -0.3 is 0 Å². The fourth-order valence-electron chi connectivity index (χ4n) is 1.20. The van der Waals surface area contributed by atoms with Gasteiger partial charge in [-0.25, -0.2) is 14.4 Å². The number of nitrogens with zero attached hydrogens (tertiary/aromatic N) is 2. The highest BCUT2D eigenvalue weighted by atomic mass is 79.9. The molecule has 0 bridgehead atoms. The Bertz CT molecular complexity index is 458. The van der Waals surface area contributed by atoms with Gasteiger partial charge in [0.05, 0.1) is 0 Å². The minimum absolute atomic E-state index is 0.315. The molecule has 0 radical (unpaired) electrons. The smallest absolute Gasteiger partial charge is 0.161 e. The van der Waals surface area contributed by atoms with Gasteiger partial charge in [0.2, 0.25) is 0 Å². The quantitative estimate of drug-likeness (QED) is 0.697. The van der Waals surface area contributed by atoms with Crippen LogP contribution >= 0.6 is 43.5 Å². The van der Waals surface area contributed by atoms with Crippen LogP contribution in [0.25, 0.3) is 11.4 Å². The average molecular weight is 366 g/mol. The van der Waals surface area contributed by atoms with Crippen molar-refractivity contribution in [3.05, 3.63) is 44.3 Å². The molecule has 0 fully saturated rings. The molecule has 0 atom stereocenters. The van der Waals surface area contributed by atoms with Crippen LogP contribution < -0.4 is 0 Å². The molecule has 2 aromatic rings. The van der Waals surface area contributed by atoms with Crippen LogP contribution in [0.15, 0.2) is 33.5 Å². The summed E-state index contributed by atoms with van der Waals surface area (Å²) in [6, 6.07) is 5.88. The molecule has 0 saturated carbocycles. The van der Waals surface area contributed by atoms with Crippen molar-refractivity contribution in [3.63, 3.8) is 0 Å². The largest absolute Gasteiger partial charge is 0.221 e. The van der Waals surface area contributed by atoms with Crippen molar-refractivity contribution in [3.8, 4) is 11.4 Å². The molecule has 1 aromatic heterocycles. The third-order valence-corrected chi connectivity index (χ3v) is 2.82. The summed E-state index contributed by atoms with van der Waals surface area (Å²) in [5, 5.41) is 0.315. The lowest BCUT2D eigenvalue weighted by Gasteiger charge is -2.02. The first-order valence-electron chi connectivity index (χ1n) is 4.21. The standard InChI is InChI=1S/C10H4Br2ClFN2/c11-8-4-9(12)16-10(15-8)5-1-6(13)3-7(14)2-5/h1-4H. The Morgan fingerprint density at radius 3 is 2.19 bits per heavy atom. The van der Waals surface area contributed by atoms with E-state index in [1.165, 1.54) is 12.1 Å². The van der Waals surface area contributed by atoms with Crippen LogP contribution in [0.3, 0.4) is 0 Å². The Kier molecular flexibility index (Phi) is 3.56. The van der Waals surface area contributed by atoms with Crippen molar-refractivity contribution >= 4 is 43.5 Å². The van der Waals surface area contributed by atoms with E-state index in [0.29, 0.717) is 25.6 Å². The molecular formula is C10H4Br2ClFN2. The molecule has 0 aliphatic heterocycles. The highest BCUT2D eigenvalue weighted by Gasteiger charge is 2.07. The first-order valence-corrected chi connectivity index (χ1v) is 6.17. The predicted molar refractivity (Wildman–Crippen MR) is 67.8 cm³/mol. The number of benzene rings is 1. The maximum atomic E-state index is 13.2. The van der Waals surface area contributed by atoms with Crippen molar-refractivity contribution in [1.29, 1.82) is 0 Å². The maximum Gasteiger partial charge on any atom is 0.161 e. The average Bonchev–Trinajstić information content (AvgIpc) is 2.14. The van der Waals surface area contributed by atoms with Crippen LogP contribution in [-0.4, -0.2) is 9.97 Å². The lowest BCUT2D eigenvalue weighted by molar-refractivity contribution is 0.628. The van der Waals surface area contributed by atoms with Crippen molar-refractivity contribution in [2.45, 2.75) is 0 Å². The summed E-state index contributed by atoms with van der Waals surface area (Å²) in [7, 11) is 0. The molecule has 82 valence electrons. The Morgan fingerprint density at radius 2 is 1.62 bits per heavy atom. The highest BCUT2D eigenvalue weighted by molar-refractivity contribution is 9.11. The number of aromatic nitrogens is 2. The first-order chi connectivity index (χ1) is 7.54. The molecular weight excluding hydrogens is 362 g/mol. The third-order valence-electron chi connectivity index (χ3n) is 1.78. The number of rotatable bonds is 1. The molecule has 0 aliphatic carbocycles. The summed E-state index contributed by atoms with van der Waals surface area (Å²) in [4.78, 5) is 8.27. The van der Waals surface area contributed by atoms with E-state index in [4.69, 9.17) is 11.6 Å². The molecule has 2 nitrogen and oxygen atoms in total. The van der Waals surface area contributed by atoms with Crippen molar-refractivity contribution in [1.82, 2.24) is 9.97 Å². The van der Waals surface area contributed by atoms with Crippen LogP contribution in [0.4, 0.5) is 4.39 Å². The topological polar surface area (TPSA) is 25.8 Å². The van der Waals surface area contributed by atoms with Gasteiger partial charge in [0, 0.05) is 16.7 Å². The zero-order valence-corrected chi connectivity index (χ0v) is 11.6. The minimum atomic E-state index is -0.415. The summed E-state index contributed by atoms with van der Waals surface area (Å²) in [5.41, 5.74) is 0.534. The SMILES string of the molecule is Fc1cc(Cl)cc(-c2nc(Br)cc(Br)n2)c1. The van der Waals surface area contributed by atoms with Crippen molar-refractivity contribution < 1.29 is 4.39 Å². The zero-order valence-electron chi connectivity index (χ0n) is 7.72. The summed E-state index contributed by atoms with van der Waals surface area (Å²) >= 11 is 12.2. The van der Waals surface area contributed by atoms with Crippen LogP contribution in [0.1, 0.15) is 0 Å². The summed E-state index contributed by atoms with van der Waals surface area (Å²) in [5.74, 6) is -0.00940. The van der Waals surface area contributed by atoms with Crippen LogP contribution in [-0.2, 0) is 0 Å². The van der Waals surface area contributed by atoms with E-state index in [1.807, 2.05) is 0 Å². The van der Waals surface area contributed by atoms with Gasteiger partial charge in [-0.1, -0.05) is 11.6 Å². The Hall–Kier alpha value is -0.520. The van der Waals surface area contributed by atoms with Gasteiger partial charge in [0.25, 0.3) is 0 Å². The second kappa shape index (κ2) is 4.77. The van der Waals surface area contributed by atoms with E-state index in [0.717, 1.165) is 0 Å². The summed E-state index contributed by atoms with van der Waals surface area (Å²) in [6.45, 7) is 0. The van der Waals surface area contributed by atoms with Gasteiger partial charge in [0.15, 0.2) is 5.82 Å². The Labute approximate surface area is 113 Å². The maximum absolute atomic E-state index is 13.2. The van der Waals surface area contributed by atoms with Gasteiger partial charge in [-0.2, -0.15) is 0 Å². The number of halogens is 4. The molecule has 0 aliphatic rings. The lowest BCUT2D eigenvalue weighted by atomic mass is 10.2. The molecule has 0 amide bonds. The van der Waals surface area contributed by atoms with Gasteiger partial charge in [-0.15, -0.1) is 0 Å². The molecule has 0 unspecified atom stereocenters. The third kappa shape index (κ3) is 2.78. The van der Waals surface area contributed by atoms with E-state index in [-0.39, 0.29) is 0 Å². The van der Waals surface area contributed by atoms with Crippen LogP contribution in [0.2, 0.25) is 5.02 Å². The minimum Gasteiger partial charge on any atom is -0.221 e.